The third-order valence-electron chi connectivity index (χ3n) is 13.0. The van der Waals surface area contributed by atoms with E-state index in [-0.39, 0.29) is 31.1 Å². The highest BCUT2D eigenvalue weighted by Gasteiger charge is 2.19. The van der Waals surface area contributed by atoms with E-state index in [1.54, 1.807) is 0 Å². The van der Waals surface area contributed by atoms with Crippen LogP contribution in [0.3, 0.4) is 0 Å². The Morgan fingerprint density at radius 1 is 0.290 bits per heavy atom. The van der Waals surface area contributed by atoms with Crippen LogP contribution in [0.15, 0.2) is 60.8 Å². The molecule has 0 spiro atoms. The lowest BCUT2D eigenvalue weighted by Crippen LogP contribution is -2.30. The average molecular weight is 966 g/mol. The molecule has 0 aromatic carbocycles. The van der Waals surface area contributed by atoms with Crippen LogP contribution in [0.25, 0.3) is 0 Å². The Bertz CT molecular complexity index is 1250. The van der Waals surface area contributed by atoms with Gasteiger partial charge in [0, 0.05) is 19.3 Å². The fraction of sp³-hybridized carbons (Fsp3) is 0.794. The summed E-state index contributed by atoms with van der Waals surface area (Å²) in [5, 5.41) is 0. The molecular formula is C63H112O6. The molecule has 0 aliphatic heterocycles. The predicted octanol–water partition coefficient (Wildman–Crippen LogP) is 20.0. The first kappa shape index (κ1) is 66.1. The Hall–Kier alpha value is -2.89. The maximum Gasteiger partial charge on any atom is 0.306 e. The van der Waals surface area contributed by atoms with Gasteiger partial charge in [-0.25, -0.2) is 0 Å². The van der Waals surface area contributed by atoms with Gasteiger partial charge in [0.05, 0.1) is 0 Å². The summed E-state index contributed by atoms with van der Waals surface area (Å²) in [6.45, 7) is 6.60. The van der Waals surface area contributed by atoms with E-state index in [0.29, 0.717) is 19.3 Å². The first-order valence-corrected chi connectivity index (χ1v) is 29.8. The van der Waals surface area contributed by atoms with Crippen LogP contribution in [-0.4, -0.2) is 37.2 Å². The van der Waals surface area contributed by atoms with Gasteiger partial charge < -0.3 is 14.2 Å². The lowest BCUT2D eigenvalue weighted by molar-refractivity contribution is -0.167. The number of carbonyl (C=O) groups excluding carboxylic acids is 3. The quantitative estimate of drug-likeness (QED) is 0.0262. The highest BCUT2D eigenvalue weighted by Crippen LogP contribution is 2.16. The molecule has 0 bridgehead atoms. The monoisotopic (exact) mass is 965 g/mol. The summed E-state index contributed by atoms with van der Waals surface area (Å²) >= 11 is 0. The number of hydrogen-bond donors (Lipinski definition) is 0. The van der Waals surface area contributed by atoms with Gasteiger partial charge in [-0.1, -0.05) is 255 Å². The van der Waals surface area contributed by atoms with E-state index in [9.17, 15) is 14.4 Å². The first-order valence-electron chi connectivity index (χ1n) is 29.8. The van der Waals surface area contributed by atoms with Crippen molar-refractivity contribution >= 4 is 17.9 Å². The van der Waals surface area contributed by atoms with E-state index in [4.69, 9.17) is 14.2 Å². The molecule has 0 aromatic rings. The van der Waals surface area contributed by atoms with Crippen LogP contribution in [0.2, 0.25) is 0 Å². The Balaban J connectivity index is 4.23. The van der Waals surface area contributed by atoms with Gasteiger partial charge in [-0.2, -0.15) is 0 Å². The maximum atomic E-state index is 12.8. The minimum Gasteiger partial charge on any atom is -0.462 e. The second kappa shape index (κ2) is 57.7. The number of hydrogen-bond acceptors (Lipinski definition) is 6. The molecular weight excluding hydrogens is 853 g/mol. The summed E-state index contributed by atoms with van der Waals surface area (Å²) in [4.78, 5) is 38.1. The van der Waals surface area contributed by atoms with Crippen LogP contribution < -0.4 is 0 Å². The highest BCUT2D eigenvalue weighted by atomic mass is 16.6. The van der Waals surface area contributed by atoms with Crippen molar-refractivity contribution in [1.82, 2.24) is 0 Å². The van der Waals surface area contributed by atoms with Crippen molar-refractivity contribution in [3.63, 3.8) is 0 Å². The summed E-state index contributed by atoms with van der Waals surface area (Å²) in [6.07, 6.45) is 72.2. The minimum absolute atomic E-state index is 0.0765. The second-order valence-electron chi connectivity index (χ2n) is 19.9. The highest BCUT2D eigenvalue weighted by molar-refractivity contribution is 5.71. The van der Waals surface area contributed by atoms with E-state index < -0.39 is 6.10 Å². The fourth-order valence-corrected chi connectivity index (χ4v) is 8.48. The molecule has 6 nitrogen and oxygen atoms in total. The van der Waals surface area contributed by atoms with Crippen LogP contribution in [0, 0.1) is 0 Å². The number of unbranched alkanes of at least 4 members (excludes halogenated alkanes) is 33. The summed E-state index contributed by atoms with van der Waals surface area (Å²) in [5.41, 5.74) is 0. The zero-order valence-electron chi connectivity index (χ0n) is 45.8. The normalized spacial score (nSPS) is 12.4. The van der Waals surface area contributed by atoms with Gasteiger partial charge in [0.1, 0.15) is 13.2 Å². The number of carbonyl (C=O) groups is 3. The molecule has 0 aliphatic carbocycles. The molecule has 0 amide bonds. The van der Waals surface area contributed by atoms with E-state index in [0.717, 1.165) is 83.5 Å². The molecule has 0 aromatic heterocycles. The van der Waals surface area contributed by atoms with Gasteiger partial charge in [-0.3, -0.25) is 14.4 Å². The van der Waals surface area contributed by atoms with Gasteiger partial charge in [-0.15, -0.1) is 0 Å². The zero-order valence-corrected chi connectivity index (χ0v) is 45.8. The number of rotatable bonds is 54. The molecule has 0 heterocycles. The summed E-state index contributed by atoms with van der Waals surface area (Å²) < 4.78 is 16.8. The largest absolute Gasteiger partial charge is 0.462 e. The van der Waals surface area contributed by atoms with Gasteiger partial charge >= 0.3 is 17.9 Å². The SMILES string of the molecule is CCCCC/C=C\C/C=C\CCCCCCCCCC(=O)OC(COC(=O)CCCCCCCCCCC)COC(=O)CCCCCCCCCCCC/C=C\C/C=C\C/C=C\CCCCCCC. The summed E-state index contributed by atoms with van der Waals surface area (Å²) in [7, 11) is 0. The smallest absolute Gasteiger partial charge is 0.306 e. The molecule has 0 saturated carbocycles. The van der Waals surface area contributed by atoms with Crippen LogP contribution >= 0.6 is 0 Å². The number of esters is 3. The lowest BCUT2D eigenvalue weighted by Gasteiger charge is -2.18. The third-order valence-corrected chi connectivity index (χ3v) is 13.0. The topological polar surface area (TPSA) is 78.9 Å². The van der Waals surface area contributed by atoms with Crippen molar-refractivity contribution in [2.24, 2.45) is 0 Å². The molecule has 0 saturated heterocycles. The second-order valence-corrected chi connectivity index (χ2v) is 19.9. The Morgan fingerprint density at radius 2 is 0.522 bits per heavy atom. The van der Waals surface area contributed by atoms with Gasteiger partial charge in [0.2, 0.25) is 0 Å². The van der Waals surface area contributed by atoms with Gasteiger partial charge in [0.15, 0.2) is 6.10 Å². The van der Waals surface area contributed by atoms with E-state index in [2.05, 4.69) is 81.5 Å². The molecule has 0 rings (SSSR count). The molecule has 400 valence electrons. The van der Waals surface area contributed by atoms with E-state index >= 15 is 0 Å². The third kappa shape index (κ3) is 55.9. The van der Waals surface area contributed by atoms with Crippen molar-refractivity contribution in [2.45, 2.75) is 309 Å². The van der Waals surface area contributed by atoms with Crippen molar-refractivity contribution < 1.29 is 28.6 Å². The predicted molar refractivity (Wildman–Crippen MR) is 298 cm³/mol. The lowest BCUT2D eigenvalue weighted by atomic mass is 10.1. The number of ether oxygens (including phenoxy) is 3. The van der Waals surface area contributed by atoms with Crippen LogP contribution in [0.1, 0.15) is 303 Å². The van der Waals surface area contributed by atoms with E-state index in [1.807, 2.05) is 0 Å². The van der Waals surface area contributed by atoms with E-state index in [1.165, 1.54) is 180 Å². The molecule has 69 heavy (non-hydrogen) atoms. The van der Waals surface area contributed by atoms with Crippen molar-refractivity contribution in [1.29, 1.82) is 0 Å². The average Bonchev–Trinajstić information content (AvgIpc) is 3.35. The molecule has 6 heteroatoms. The fourth-order valence-electron chi connectivity index (χ4n) is 8.48. The van der Waals surface area contributed by atoms with Crippen molar-refractivity contribution in [3.05, 3.63) is 60.8 Å². The van der Waals surface area contributed by atoms with Crippen LogP contribution in [0.5, 0.6) is 0 Å². The maximum absolute atomic E-state index is 12.8. The zero-order chi connectivity index (χ0) is 50.0. The van der Waals surface area contributed by atoms with Crippen molar-refractivity contribution in [3.8, 4) is 0 Å². The van der Waals surface area contributed by atoms with Crippen LogP contribution in [0.4, 0.5) is 0 Å². The summed E-state index contributed by atoms with van der Waals surface area (Å²) in [5.74, 6) is -0.880. The Kier molecular flexibility index (Phi) is 55.3. The minimum atomic E-state index is -0.777. The Labute approximate surface area is 428 Å². The summed E-state index contributed by atoms with van der Waals surface area (Å²) in [6, 6.07) is 0. The van der Waals surface area contributed by atoms with Gasteiger partial charge in [0.25, 0.3) is 0 Å². The Morgan fingerprint density at radius 3 is 0.841 bits per heavy atom. The van der Waals surface area contributed by atoms with Gasteiger partial charge in [-0.05, 0) is 89.9 Å². The van der Waals surface area contributed by atoms with Crippen molar-refractivity contribution in [2.75, 3.05) is 13.2 Å². The molecule has 0 radical (unpaired) electrons. The molecule has 0 N–H and O–H groups in total. The molecule has 1 unspecified atom stereocenters. The number of allylic oxidation sites excluding steroid dienone is 10. The van der Waals surface area contributed by atoms with Crippen LogP contribution in [-0.2, 0) is 28.6 Å². The standard InChI is InChI=1S/C63H112O6/c1-4-7-10-13-16-19-21-23-25-27-28-29-30-31-32-33-34-36-37-39-41-44-47-50-53-56-62(65)68-59-60(58-67-61(64)55-52-49-46-43-18-15-12-9-6-3)69-63(66)57-54-51-48-45-42-40-38-35-26-24-22-20-17-14-11-8-5-2/h17,20-21,23-24,26-28,30-31,60H,4-16,18-19,22,25,29,32-59H2,1-3H3/b20-17-,23-21-,26-24-,28-27-,31-30-. The first-order chi connectivity index (χ1) is 34.0. The molecule has 0 fully saturated rings. The molecule has 1 atom stereocenters. The molecule has 0 aliphatic rings.